The third-order valence-corrected chi connectivity index (χ3v) is 6.10. The first-order valence-electron chi connectivity index (χ1n) is 10.1. The first kappa shape index (κ1) is 19.6. The molecule has 4 rings (SSSR count). The highest BCUT2D eigenvalue weighted by Gasteiger charge is 2.47. The summed E-state index contributed by atoms with van der Waals surface area (Å²) in [6.45, 7) is 1.53. The van der Waals surface area contributed by atoms with Gasteiger partial charge < -0.3 is 9.80 Å². The van der Waals surface area contributed by atoms with E-state index in [1.165, 1.54) is 18.2 Å². The predicted molar refractivity (Wildman–Crippen MR) is 106 cm³/mol. The van der Waals surface area contributed by atoms with Gasteiger partial charge in [0.2, 0.25) is 11.8 Å². The molecule has 1 unspecified atom stereocenters. The zero-order valence-electron chi connectivity index (χ0n) is 16.2. The average molecular weight is 398 g/mol. The summed E-state index contributed by atoms with van der Waals surface area (Å²) in [4.78, 5) is 29.7. The molecule has 2 amide bonds. The molecule has 1 spiro atoms. The third kappa shape index (κ3) is 3.88. The van der Waals surface area contributed by atoms with E-state index in [4.69, 9.17) is 0 Å². The van der Waals surface area contributed by atoms with Crippen LogP contribution in [0.5, 0.6) is 0 Å². The number of rotatable bonds is 3. The van der Waals surface area contributed by atoms with Crippen molar-refractivity contribution in [1.82, 2.24) is 4.90 Å². The minimum atomic E-state index is -0.615. The Morgan fingerprint density at radius 2 is 1.66 bits per heavy atom. The molecule has 2 aromatic rings. The molecule has 29 heavy (non-hydrogen) atoms. The van der Waals surface area contributed by atoms with Gasteiger partial charge in [-0.15, -0.1) is 0 Å². The lowest BCUT2D eigenvalue weighted by Crippen LogP contribution is -2.57. The number of carbonyl (C=O) groups is 2. The molecule has 0 saturated carbocycles. The van der Waals surface area contributed by atoms with Gasteiger partial charge in [0.25, 0.3) is 0 Å². The molecule has 2 fully saturated rings. The van der Waals surface area contributed by atoms with Crippen molar-refractivity contribution in [2.75, 3.05) is 24.5 Å². The van der Waals surface area contributed by atoms with Crippen LogP contribution in [0.3, 0.4) is 0 Å². The molecule has 2 saturated heterocycles. The van der Waals surface area contributed by atoms with Crippen LogP contribution in [-0.4, -0.2) is 36.3 Å². The van der Waals surface area contributed by atoms with E-state index in [0.717, 1.165) is 25.7 Å². The van der Waals surface area contributed by atoms with E-state index in [1.54, 1.807) is 40.1 Å². The van der Waals surface area contributed by atoms with Crippen LogP contribution >= 0.6 is 0 Å². The zero-order chi connectivity index (χ0) is 20.4. The van der Waals surface area contributed by atoms with Gasteiger partial charge in [0.15, 0.2) is 0 Å². The molecule has 2 aromatic carbocycles. The maximum absolute atomic E-state index is 13.9. The molecule has 0 aromatic heterocycles. The maximum Gasteiger partial charge on any atom is 0.234 e. The second-order valence-corrected chi connectivity index (χ2v) is 8.00. The fourth-order valence-electron chi connectivity index (χ4n) is 4.58. The maximum atomic E-state index is 13.9. The van der Waals surface area contributed by atoms with Crippen molar-refractivity contribution in [2.24, 2.45) is 5.41 Å². The molecular formula is C23H24F2N2O2. The number of amides is 2. The van der Waals surface area contributed by atoms with Gasteiger partial charge in [-0.1, -0.05) is 18.2 Å². The Hall–Kier alpha value is -2.76. The molecule has 2 aliphatic heterocycles. The normalized spacial score (nSPS) is 22.2. The summed E-state index contributed by atoms with van der Waals surface area (Å²) < 4.78 is 27.2. The molecule has 4 nitrogen and oxygen atoms in total. The van der Waals surface area contributed by atoms with Gasteiger partial charge in [-0.25, -0.2) is 8.78 Å². The van der Waals surface area contributed by atoms with Gasteiger partial charge in [0.05, 0.1) is 11.8 Å². The minimum absolute atomic E-state index is 0.00116. The number of hydrogen-bond donors (Lipinski definition) is 0. The van der Waals surface area contributed by atoms with Crippen molar-refractivity contribution in [3.05, 3.63) is 65.7 Å². The second-order valence-electron chi connectivity index (χ2n) is 8.00. The van der Waals surface area contributed by atoms with E-state index in [1.807, 2.05) is 0 Å². The van der Waals surface area contributed by atoms with E-state index in [9.17, 15) is 18.4 Å². The molecule has 152 valence electrons. The van der Waals surface area contributed by atoms with Crippen LogP contribution in [0.2, 0.25) is 0 Å². The quantitative estimate of drug-likeness (QED) is 0.786. The van der Waals surface area contributed by atoms with E-state index in [-0.39, 0.29) is 29.9 Å². The van der Waals surface area contributed by atoms with Crippen LogP contribution in [0.4, 0.5) is 14.5 Å². The highest BCUT2D eigenvalue weighted by atomic mass is 19.1. The second kappa shape index (κ2) is 7.93. The van der Waals surface area contributed by atoms with E-state index in [2.05, 4.69) is 0 Å². The molecule has 0 aliphatic carbocycles. The van der Waals surface area contributed by atoms with Gasteiger partial charge in [-0.3, -0.25) is 9.59 Å². The lowest BCUT2D eigenvalue weighted by molar-refractivity contribution is -0.141. The highest BCUT2D eigenvalue weighted by Crippen LogP contribution is 2.41. The number of piperidine rings is 2. The molecule has 2 heterocycles. The lowest BCUT2D eigenvalue weighted by atomic mass is 9.72. The highest BCUT2D eigenvalue weighted by molar-refractivity contribution is 5.99. The smallest absolute Gasteiger partial charge is 0.234 e. The summed E-state index contributed by atoms with van der Waals surface area (Å²) in [5.41, 5.74) is 0.445. The van der Waals surface area contributed by atoms with Gasteiger partial charge in [0.1, 0.15) is 11.6 Å². The van der Waals surface area contributed by atoms with Gasteiger partial charge in [-0.2, -0.15) is 0 Å². The average Bonchev–Trinajstić information content (AvgIpc) is 2.73. The number of carbonyl (C=O) groups excluding carboxylic acids is 2. The van der Waals surface area contributed by atoms with Crippen molar-refractivity contribution in [3.63, 3.8) is 0 Å². The largest absolute Gasteiger partial charge is 0.341 e. The summed E-state index contributed by atoms with van der Waals surface area (Å²) in [6, 6.07) is 12.2. The van der Waals surface area contributed by atoms with Crippen molar-refractivity contribution < 1.29 is 18.4 Å². The molecule has 1 atom stereocenters. The fourth-order valence-corrected chi connectivity index (χ4v) is 4.58. The van der Waals surface area contributed by atoms with Crippen molar-refractivity contribution >= 4 is 17.5 Å². The summed E-state index contributed by atoms with van der Waals surface area (Å²) in [7, 11) is 0. The van der Waals surface area contributed by atoms with Gasteiger partial charge in [-0.05, 0) is 61.6 Å². The number of halogens is 2. The number of anilines is 1. The van der Waals surface area contributed by atoms with E-state index >= 15 is 0 Å². The lowest BCUT2D eigenvalue weighted by Gasteiger charge is -2.47. The van der Waals surface area contributed by atoms with Crippen LogP contribution in [-0.2, 0) is 16.0 Å². The Morgan fingerprint density at radius 3 is 2.38 bits per heavy atom. The number of likely N-dealkylation sites (tertiary alicyclic amines) is 1. The molecule has 0 radical (unpaired) electrons. The van der Waals surface area contributed by atoms with Crippen LogP contribution in [0.1, 0.15) is 31.2 Å². The van der Waals surface area contributed by atoms with Crippen LogP contribution < -0.4 is 4.90 Å². The van der Waals surface area contributed by atoms with Gasteiger partial charge >= 0.3 is 0 Å². The summed E-state index contributed by atoms with van der Waals surface area (Å²) in [6.07, 6.45) is 3.03. The topological polar surface area (TPSA) is 40.6 Å². The third-order valence-electron chi connectivity index (χ3n) is 6.10. The van der Waals surface area contributed by atoms with Crippen LogP contribution in [0.15, 0.2) is 48.5 Å². The van der Waals surface area contributed by atoms with Crippen molar-refractivity contribution in [1.29, 1.82) is 0 Å². The first-order chi connectivity index (χ1) is 14.0. The Labute approximate surface area is 169 Å². The minimum Gasteiger partial charge on any atom is -0.341 e. The summed E-state index contributed by atoms with van der Waals surface area (Å²) in [5, 5.41) is 0. The summed E-state index contributed by atoms with van der Waals surface area (Å²) >= 11 is 0. The molecule has 2 aliphatic rings. The fraction of sp³-hybridized carbons (Fsp3) is 0.391. The van der Waals surface area contributed by atoms with Crippen LogP contribution in [0, 0.1) is 17.0 Å². The Balaban J connectivity index is 1.51. The Kier molecular flexibility index (Phi) is 5.35. The first-order valence-corrected chi connectivity index (χ1v) is 10.1. The zero-order valence-corrected chi connectivity index (χ0v) is 16.2. The number of benzene rings is 2. The van der Waals surface area contributed by atoms with Gasteiger partial charge in [0, 0.05) is 25.3 Å². The van der Waals surface area contributed by atoms with Crippen LogP contribution in [0.25, 0.3) is 0 Å². The molecular weight excluding hydrogens is 374 g/mol. The number of hydrogen-bond acceptors (Lipinski definition) is 2. The SMILES string of the molecule is O=C(Cc1ccccc1F)N1CCCC2(CCCN(c3ccc(F)cc3)C2=O)C1. The molecule has 0 bridgehead atoms. The van der Waals surface area contributed by atoms with Crippen molar-refractivity contribution in [2.45, 2.75) is 32.1 Å². The predicted octanol–water partition coefficient (Wildman–Crippen LogP) is 3.94. The Bertz CT molecular complexity index is 911. The monoisotopic (exact) mass is 398 g/mol. The van der Waals surface area contributed by atoms with Crippen molar-refractivity contribution in [3.8, 4) is 0 Å². The summed E-state index contributed by atoms with van der Waals surface area (Å²) in [5.74, 6) is -0.876. The molecule has 6 heteroatoms. The van der Waals surface area contributed by atoms with E-state index in [0.29, 0.717) is 30.9 Å². The number of nitrogens with zero attached hydrogens (tertiary/aromatic N) is 2. The molecule has 0 N–H and O–H groups in total. The standard InChI is InChI=1S/C23H24F2N2O2/c24-18-7-9-19(10-8-18)27-14-4-12-23(22(27)29)11-3-13-26(16-23)21(28)15-17-5-1-2-6-20(17)25/h1-2,5-10H,3-4,11-16H2. The van der Waals surface area contributed by atoms with E-state index < -0.39 is 5.41 Å². The Morgan fingerprint density at radius 1 is 0.966 bits per heavy atom.